The van der Waals surface area contributed by atoms with Gasteiger partial charge in [-0.3, -0.25) is 33.1 Å². The number of hydrogen-bond donors (Lipinski definition) is 2. The monoisotopic (exact) mass is 741 g/mol. The molecule has 1 aromatic heterocycles. The second-order valence-corrected chi connectivity index (χ2v) is 14.1. The van der Waals surface area contributed by atoms with Crippen LogP contribution in [0, 0.1) is 17.8 Å². The van der Waals surface area contributed by atoms with Gasteiger partial charge in [-0.25, -0.2) is 27.4 Å². The van der Waals surface area contributed by atoms with Crippen LogP contribution in [0.4, 0.5) is 4.39 Å². The molecule has 1 aromatic rings. The van der Waals surface area contributed by atoms with E-state index in [4.69, 9.17) is 43.0 Å². The lowest BCUT2D eigenvalue weighted by atomic mass is 9.88. The molecule has 0 bridgehead atoms. The van der Waals surface area contributed by atoms with Gasteiger partial charge in [-0.2, -0.15) is 0 Å². The molecule has 50 heavy (non-hydrogen) atoms. The Morgan fingerprint density at radius 1 is 0.980 bits per heavy atom. The lowest BCUT2D eigenvalue weighted by Gasteiger charge is -2.34. The number of carbonyl (C=O) groups excluding carboxylic acids is 4. The van der Waals surface area contributed by atoms with Crippen LogP contribution < -0.4 is 17.0 Å². The zero-order chi connectivity index (χ0) is 38.2. The number of phosphoric ester groups is 1. The molecule has 2 rings (SSSR count). The average molecular weight is 742 g/mol. The first kappa shape index (κ1) is 42.6. The summed E-state index contributed by atoms with van der Waals surface area (Å²) in [5, 5.41) is 11.6. The second-order valence-electron chi connectivity index (χ2n) is 12.5. The van der Waals surface area contributed by atoms with Crippen molar-refractivity contribution in [3.8, 4) is 0 Å². The van der Waals surface area contributed by atoms with Gasteiger partial charge in [0.1, 0.15) is 18.3 Å². The van der Waals surface area contributed by atoms with Gasteiger partial charge in [0, 0.05) is 19.2 Å². The Kier molecular flexibility index (Phi) is 15.0. The molecule has 21 heteroatoms. The number of ether oxygens (including phenoxy) is 5. The minimum absolute atomic E-state index is 0.334. The largest absolute Gasteiger partial charge is 0.480 e. The summed E-state index contributed by atoms with van der Waals surface area (Å²) in [6.45, 7) is 5.59. The SMILES string of the molecule is CC(=O)OC1C(CF)(COP(=O)(OCOC(=O)C(C)C)OCOC(=O)C(C)C)OC(n2ccc(=O)n(COC(=O)C(N)C(C)C)c2=O)C1(C)O. The van der Waals surface area contributed by atoms with Gasteiger partial charge in [-0.15, -0.1) is 0 Å². The van der Waals surface area contributed by atoms with Crippen LogP contribution >= 0.6 is 7.82 Å². The molecule has 0 aromatic carbocycles. The quantitative estimate of drug-likeness (QED) is 0.0917. The molecule has 5 atom stereocenters. The minimum Gasteiger partial charge on any atom is -0.456 e. The van der Waals surface area contributed by atoms with Gasteiger partial charge in [-0.05, 0) is 12.8 Å². The van der Waals surface area contributed by atoms with Crippen LogP contribution in [0.2, 0.25) is 0 Å². The predicted molar refractivity (Wildman–Crippen MR) is 166 cm³/mol. The molecule has 284 valence electrons. The van der Waals surface area contributed by atoms with Crippen LogP contribution in [0.25, 0.3) is 0 Å². The van der Waals surface area contributed by atoms with E-state index in [1.807, 2.05) is 0 Å². The highest BCUT2D eigenvalue weighted by molar-refractivity contribution is 7.48. The van der Waals surface area contributed by atoms with Crippen molar-refractivity contribution in [2.75, 3.05) is 26.9 Å². The van der Waals surface area contributed by atoms with E-state index in [0.717, 1.165) is 26.1 Å². The van der Waals surface area contributed by atoms with Crippen molar-refractivity contribution in [2.24, 2.45) is 23.5 Å². The van der Waals surface area contributed by atoms with Gasteiger partial charge in [0.15, 0.2) is 24.7 Å². The first-order valence-electron chi connectivity index (χ1n) is 15.4. The summed E-state index contributed by atoms with van der Waals surface area (Å²) < 4.78 is 71.0. The molecule has 1 fully saturated rings. The van der Waals surface area contributed by atoms with Crippen molar-refractivity contribution in [3.63, 3.8) is 0 Å². The zero-order valence-electron chi connectivity index (χ0n) is 29.0. The number of carbonyl (C=O) groups is 4. The average Bonchev–Trinajstić information content (AvgIpc) is 3.24. The number of alkyl halides is 1. The third-order valence-electron chi connectivity index (χ3n) is 7.27. The van der Waals surface area contributed by atoms with E-state index in [1.54, 1.807) is 13.8 Å². The minimum atomic E-state index is -4.95. The van der Waals surface area contributed by atoms with Crippen molar-refractivity contribution >= 4 is 31.7 Å². The van der Waals surface area contributed by atoms with Crippen LogP contribution in [0.5, 0.6) is 0 Å². The summed E-state index contributed by atoms with van der Waals surface area (Å²) in [7, 11) is -4.95. The van der Waals surface area contributed by atoms with Crippen molar-refractivity contribution < 1.29 is 70.5 Å². The number of aliphatic hydroxyl groups is 1. The van der Waals surface area contributed by atoms with Gasteiger partial charge in [-0.1, -0.05) is 41.5 Å². The van der Waals surface area contributed by atoms with E-state index >= 15 is 4.39 Å². The topological polar surface area (TPSA) is 249 Å². The smallest absolute Gasteiger partial charge is 0.456 e. The van der Waals surface area contributed by atoms with Crippen molar-refractivity contribution in [2.45, 2.75) is 91.7 Å². The Balaban J connectivity index is 2.49. The van der Waals surface area contributed by atoms with Gasteiger partial charge in [0.2, 0.25) is 13.6 Å². The molecule has 5 unspecified atom stereocenters. The predicted octanol–water partition coefficient (Wildman–Crippen LogP) is 0.885. The maximum Gasteiger partial charge on any atom is 0.480 e. The molecule has 0 aliphatic carbocycles. The van der Waals surface area contributed by atoms with E-state index in [1.165, 1.54) is 27.7 Å². The summed E-state index contributed by atoms with van der Waals surface area (Å²) in [4.78, 5) is 74.3. The molecule has 1 aliphatic rings. The van der Waals surface area contributed by atoms with E-state index < -0.39 is 118 Å². The molecule has 0 spiro atoms. The van der Waals surface area contributed by atoms with Crippen LogP contribution in [0.15, 0.2) is 21.9 Å². The fourth-order valence-electron chi connectivity index (χ4n) is 4.30. The van der Waals surface area contributed by atoms with Gasteiger partial charge in [0.25, 0.3) is 5.56 Å². The van der Waals surface area contributed by atoms with Gasteiger partial charge < -0.3 is 34.5 Å². The number of hydrogen-bond acceptors (Lipinski definition) is 17. The van der Waals surface area contributed by atoms with Crippen LogP contribution in [-0.4, -0.2) is 88.3 Å². The normalized spacial score (nSPS) is 22.8. The Morgan fingerprint density at radius 2 is 1.52 bits per heavy atom. The molecule has 1 aliphatic heterocycles. The Hall–Kier alpha value is -3.52. The lowest BCUT2D eigenvalue weighted by Crippen LogP contribution is -2.55. The van der Waals surface area contributed by atoms with E-state index in [0.29, 0.717) is 9.13 Å². The standard InChI is InChI=1S/C29H45FN3O16P/c1-16(2)21(31)24(38)42-13-33-20(35)9-10-32(27(33)39)26-28(8,40)25(48-19(7)34)29(11-30,49-26)12-45-50(41,46-14-43-22(36)17(3)4)47-15-44-23(37)18(5)6/h9-10,16-18,21,25-26,40H,11-15,31H2,1-8H3. The highest BCUT2D eigenvalue weighted by Gasteiger charge is 2.65. The Morgan fingerprint density at radius 3 is 1.98 bits per heavy atom. The number of aromatic nitrogens is 2. The first-order valence-corrected chi connectivity index (χ1v) is 16.8. The number of esters is 4. The number of nitrogens with two attached hydrogens (primary N) is 1. The second kappa shape index (κ2) is 17.6. The molecule has 2 heterocycles. The molecular formula is C29H45FN3O16P. The molecular weight excluding hydrogens is 696 g/mol. The van der Waals surface area contributed by atoms with Crippen molar-refractivity contribution in [1.82, 2.24) is 9.13 Å². The molecule has 0 amide bonds. The highest BCUT2D eigenvalue weighted by atomic mass is 31.2. The van der Waals surface area contributed by atoms with Crippen LogP contribution in [-0.2, 0) is 67.7 Å². The molecule has 3 N–H and O–H groups in total. The highest BCUT2D eigenvalue weighted by Crippen LogP contribution is 2.53. The van der Waals surface area contributed by atoms with E-state index in [2.05, 4.69) is 0 Å². The number of halogens is 1. The summed E-state index contributed by atoms with van der Waals surface area (Å²) in [5.41, 5.74) is -1.41. The maximum absolute atomic E-state index is 15.1. The summed E-state index contributed by atoms with van der Waals surface area (Å²) in [6, 6.07) is -0.213. The third kappa shape index (κ3) is 10.5. The summed E-state index contributed by atoms with van der Waals surface area (Å²) >= 11 is 0. The number of rotatable bonds is 18. The Labute approximate surface area is 286 Å². The fourth-order valence-corrected chi connectivity index (χ4v) is 5.27. The Bertz CT molecular complexity index is 1510. The molecule has 19 nitrogen and oxygen atoms in total. The fraction of sp³-hybridized carbons (Fsp3) is 0.724. The molecule has 1 saturated heterocycles. The van der Waals surface area contributed by atoms with Crippen molar-refractivity contribution in [3.05, 3.63) is 33.1 Å². The summed E-state index contributed by atoms with van der Waals surface area (Å²) in [6.07, 6.45) is -3.03. The van der Waals surface area contributed by atoms with Crippen molar-refractivity contribution in [1.29, 1.82) is 0 Å². The first-order chi connectivity index (χ1) is 23.1. The molecule has 0 saturated carbocycles. The lowest BCUT2D eigenvalue weighted by molar-refractivity contribution is -0.174. The summed E-state index contributed by atoms with van der Waals surface area (Å²) in [5.74, 6) is -5.04. The number of phosphoric acid groups is 1. The zero-order valence-corrected chi connectivity index (χ0v) is 29.9. The van der Waals surface area contributed by atoms with E-state index in [9.17, 15) is 38.4 Å². The maximum atomic E-state index is 15.1. The van der Waals surface area contributed by atoms with Gasteiger partial charge >= 0.3 is 37.4 Å². The third-order valence-corrected chi connectivity index (χ3v) is 8.56. The number of nitrogens with zero attached hydrogens (tertiary/aromatic N) is 2. The van der Waals surface area contributed by atoms with Gasteiger partial charge in [0.05, 0.1) is 18.4 Å². The van der Waals surface area contributed by atoms with E-state index in [-0.39, 0.29) is 5.92 Å². The molecule has 0 radical (unpaired) electrons. The van der Waals surface area contributed by atoms with Crippen LogP contribution in [0.3, 0.4) is 0 Å². The van der Waals surface area contributed by atoms with Crippen LogP contribution in [0.1, 0.15) is 61.6 Å².